The van der Waals surface area contributed by atoms with Crippen LogP contribution in [-0.4, -0.2) is 20.2 Å². The molecule has 0 saturated heterocycles. The van der Waals surface area contributed by atoms with Gasteiger partial charge < -0.3 is 9.64 Å². The van der Waals surface area contributed by atoms with Gasteiger partial charge in [-0.2, -0.15) is 0 Å². The Morgan fingerprint density at radius 2 is 1.71 bits per heavy atom. The lowest BCUT2D eigenvalue weighted by atomic mass is 9.95. The van der Waals surface area contributed by atoms with Crippen LogP contribution in [0.25, 0.3) is 0 Å². The Kier molecular flexibility index (Phi) is 4.86. The molecule has 17 heavy (non-hydrogen) atoms. The zero-order valence-corrected chi connectivity index (χ0v) is 11.8. The predicted octanol–water partition coefficient (Wildman–Crippen LogP) is 3.96. The third-order valence-corrected chi connectivity index (χ3v) is 2.60. The van der Waals surface area contributed by atoms with Crippen molar-refractivity contribution in [3.8, 4) is 5.75 Å². The van der Waals surface area contributed by atoms with Gasteiger partial charge in [-0.25, -0.2) is 0 Å². The van der Waals surface area contributed by atoms with Crippen LogP contribution in [0.1, 0.15) is 34.1 Å². The van der Waals surface area contributed by atoms with Gasteiger partial charge in [0.2, 0.25) is 0 Å². The molecule has 0 saturated carbocycles. The maximum Gasteiger partial charge on any atom is 0.119 e. The normalized spacial score (nSPS) is 11.4. The first-order chi connectivity index (χ1) is 7.96. The fourth-order valence-corrected chi connectivity index (χ4v) is 1.93. The second kappa shape index (κ2) is 5.95. The van der Waals surface area contributed by atoms with Gasteiger partial charge in [0.05, 0.1) is 7.11 Å². The van der Waals surface area contributed by atoms with Crippen molar-refractivity contribution in [2.75, 3.05) is 25.1 Å². The second-order valence-corrected chi connectivity index (χ2v) is 5.68. The van der Waals surface area contributed by atoms with Crippen molar-refractivity contribution in [3.63, 3.8) is 0 Å². The first kappa shape index (κ1) is 13.9. The summed E-state index contributed by atoms with van der Waals surface area (Å²) < 4.78 is 5.19. The lowest BCUT2D eigenvalue weighted by molar-refractivity contribution is 0.408. The van der Waals surface area contributed by atoms with Gasteiger partial charge in [-0.1, -0.05) is 27.7 Å². The molecule has 0 heterocycles. The van der Waals surface area contributed by atoms with Gasteiger partial charge in [0.15, 0.2) is 0 Å². The second-order valence-electron chi connectivity index (χ2n) is 5.68. The van der Waals surface area contributed by atoms with Crippen molar-refractivity contribution in [1.29, 1.82) is 0 Å². The molecule has 0 aliphatic carbocycles. The fourth-order valence-electron chi connectivity index (χ4n) is 1.93. The van der Waals surface area contributed by atoms with E-state index in [4.69, 9.17) is 4.74 Å². The largest absolute Gasteiger partial charge is 0.497 e. The molecule has 0 radical (unpaired) electrons. The van der Waals surface area contributed by atoms with Crippen molar-refractivity contribution in [2.24, 2.45) is 5.41 Å². The van der Waals surface area contributed by atoms with Crippen LogP contribution in [0.4, 0.5) is 5.69 Å². The Morgan fingerprint density at radius 3 is 2.12 bits per heavy atom. The molecule has 0 spiro atoms. The molecule has 1 aromatic carbocycles. The number of nitrogens with zero attached hydrogens (tertiary/aromatic N) is 1. The first-order valence-electron chi connectivity index (χ1n) is 6.35. The summed E-state index contributed by atoms with van der Waals surface area (Å²) in [6.45, 7) is 11.2. The summed E-state index contributed by atoms with van der Waals surface area (Å²) in [5.74, 6) is 0.918. The predicted molar refractivity (Wildman–Crippen MR) is 75.0 cm³/mol. The molecule has 1 rings (SSSR count). The minimum absolute atomic E-state index is 0.315. The zero-order chi connectivity index (χ0) is 12.9. The lowest BCUT2D eigenvalue weighted by Crippen LogP contribution is -2.33. The average Bonchev–Trinajstić information content (AvgIpc) is 2.27. The van der Waals surface area contributed by atoms with Crippen molar-refractivity contribution in [1.82, 2.24) is 0 Å². The molecule has 0 fully saturated rings. The minimum atomic E-state index is 0.315. The monoisotopic (exact) mass is 235 g/mol. The Hall–Kier alpha value is -1.18. The summed E-state index contributed by atoms with van der Waals surface area (Å²) in [7, 11) is 1.70. The zero-order valence-electron chi connectivity index (χ0n) is 11.8. The Balaban J connectivity index is 2.81. The van der Waals surface area contributed by atoms with Crippen LogP contribution in [0.2, 0.25) is 0 Å². The molecule has 0 aliphatic heterocycles. The molecule has 0 aliphatic rings. The Bertz CT molecular complexity index is 324. The SMILES string of the molecule is CCCN(CC(C)(C)C)c1ccc(OC)cc1. The number of ether oxygens (including phenoxy) is 1. The van der Waals surface area contributed by atoms with E-state index in [2.05, 4.69) is 44.7 Å². The van der Waals surface area contributed by atoms with E-state index < -0.39 is 0 Å². The smallest absolute Gasteiger partial charge is 0.119 e. The maximum absolute atomic E-state index is 5.19. The summed E-state index contributed by atoms with van der Waals surface area (Å²) in [6, 6.07) is 8.34. The van der Waals surface area contributed by atoms with Crippen molar-refractivity contribution >= 4 is 5.69 Å². The third kappa shape index (κ3) is 4.68. The van der Waals surface area contributed by atoms with Crippen LogP contribution < -0.4 is 9.64 Å². The molecule has 0 bridgehead atoms. The summed E-state index contributed by atoms with van der Waals surface area (Å²) in [6.07, 6.45) is 1.17. The van der Waals surface area contributed by atoms with E-state index in [0.717, 1.165) is 18.8 Å². The quantitative estimate of drug-likeness (QED) is 0.766. The van der Waals surface area contributed by atoms with Crippen molar-refractivity contribution in [2.45, 2.75) is 34.1 Å². The van der Waals surface area contributed by atoms with Gasteiger partial charge in [0.25, 0.3) is 0 Å². The first-order valence-corrected chi connectivity index (χ1v) is 6.35. The molecular formula is C15H25NO. The van der Waals surface area contributed by atoms with Crippen LogP contribution in [0, 0.1) is 5.41 Å². The molecule has 0 amide bonds. The average molecular weight is 235 g/mol. The molecule has 2 heteroatoms. The Morgan fingerprint density at radius 1 is 1.12 bits per heavy atom. The van der Waals surface area contributed by atoms with Crippen LogP contribution in [0.3, 0.4) is 0 Å². The Labute approximate surface area is 106 Å². The highest BCUT2D eigenvalue weighted by atomic mass is 16.5. The van der Waals surface area contributed by atoms with Crippen LogP contribution in [-0.2, 0) is 0 Å². The topological polar surface area (TPSA) is 12.5 Å². The highest BCUT2D eigenvalue weighted by Crippen LogP contribution is 2.24. The summed E-state index contributed by atoms with van der Waals surface area (Å²) >= 11 is 0. The number of methoxy groups -OCH3 is 1. The van der Waals surface area contributed by atoms with Gasteiger partial charge in [0.1, 0.15) is 5.75 Å². The van der Waals surface area contributed by atoms with E-state index in [0.29, 0.717) is 5.41 Å². The van der Waals surface area contributed by atoms with E-state index in [9.17, 15) is 0 Å². The number of rotatable bonds is 5. The number of anilines is 1. The third-order valence-electron chi connectivity index (χ3n) is 2.60. The number of hydrogen-bond donors (Lipinski definition) is 0. The molecule has 0 atom stereocenters. The van der Waals surface area contributed by atoms with E-state index in [1.807, 2.05) is 12.1 Å². The van der Waals surface area contributed by atoms with E-state index in [-0.39, 0.29) is 0 Å². The molecular weight excluding hydrogens is 210 g/mol. The number of hydrogen-bond acceptors (Lipinski definition) is 2. The summed E-state index contributed by atoms with van der Waals surface area (Å²) in [5, 5.41) is 0. The number of benzene rings is 1. The molecule has 96 valence electrons. The van der Waals surface area contributed by atoms with Gasteiger partial charge >= 0.3 is 0 Å². The standard InChI is InChI=1S/C15H25NO/c1-6-11-16(12-15(2,3)4)13-7-9-14(17-5)10-8-13/h7-10H,6,11-12H2,1-5H3. The molecule has 0 aromatic heterocycles. The highest BCUT2D eigenvalue weighted by molar-refractivity contribution is 5.49. The maximum atomic E-state index is 5.19. The van der Waals surface area contributed by atoms with E-state index in [1.54, 1.807) is 7.11 Å². The van der Waals surface area contributed by atoms with Crippen LogP contribution in [0.5, 0.6) is 5.75 Å². The molecule has 1 aromatic rings. The summed E-state index contributed by atoms with van der Waals surface area (Å²) in [5.41, 5.74) is 1.59. The van der Waals surface area contributed by atoms with Crippen LogP contribution in [0.15, 0.2) is 24.3 Å². The van der Waals surface area contributed by atoms with Gasteiger partial charge in [-0.15, -0.1) is 0 Å². The fraction of sp³-hybridized carbons (Fsp3) is 0.600. The van der Waals surface area contributed by atoms with Crippen molar-refractivity contribution in [3.05, 3.63) is 24.3 Å². The van der Waals surface area contributed by atoms with Crippen molar-refractivity contribution < 1.29 is 4.74 Å². The van der Waals surface area contributed by atoms with Gasteiger partial charge in [-0.3, -0.25) is 0 Å². The summed E-state index contributed by atoms with van der Waals surface area (Å²) in [4.78, 5) is 2.44. The molecule has 0 N–H and O–H groups in total. The van der Waals surface area contributed by atoms with E-state index in [1.165, 1.54) is 12.1 Å². The van der Waals surface area contributed by atoms with Crippen LogP contribution >= 0.6 is 0 Å². The van der Waals surface area contributed by atoms with Gasteiger partial charge in [0, 0.05) is 18.8 Å². The van der Waals surface area contributed by atoms with E-state index >= 15 is 0 Å². The van der Waals surface area contributed by atoms with Gasteiger partial charge in [-0.05, 0) is 36.1 Å². The molecule has 0 unspecified atom stereocenters. The minimum Gasteiger partial charge on any atom is -0.497 e. The highest BCUT2D eigenvalue weighted by Gasteiger charge is 2.16. The lowest BCUT2D eigenvalue weighted by Gasteiger charge is -2.31. The molecule has 2 nitrogen and oxygen atoms in total.